The summed E-state index contributed by atoms with van der Waals surface area (Å²) in [5, 5.41) is 12.0. The first-order chi connectivity index (χ1) is 8.60. The quantitative estimate of drug-likeness (QED) is 0.773. The summed E-state index contributed by atoms with van der Waals surface area (Å²) in [6, 6.07) is 0. The molecular weight excluding hydrogens is 242 g/mol. The van der Waals surface area contributed by atoms with Gasteiger partial charge in [-0.1, -0.05) is 0 Å². The summed E-state index contributed by atoms with van der Waals surface area (Å²) in [5.41, 5.74) is 0.702. The highest BCUT2D eigenvalue weighted by Crippen LogP contribution is 2.22. The van der Waals surface area contributed by atoms with Crippen molar-refractivity contribution >= 4 is 11.6 Å². The van der Waals surface area contributed by atoms with Crippen molar-refractivity contribution < 1.29 is 13.9 Å². The molecule has 0 saturated heterocycles. The van der Waals surface area contributed by atoms with Crippen LogP contribution >= 0.6 is 0 Å². The Morgan fingerprint density at radius 3 is 2.72 bits per heavy atom. The monoisotopic (exact) mass is 260 g/mol. The molecule has 7 heteroatoms. The first-order valence-corrected chi connectivity index (χ1v) is 5.79. The van der Waals surface area contributed by atoms with Crippen molar-refractivity contribution in [2.45, 2.75) is 20.3 Å². The van der Waals surface area contributed by atoms with Crippen molar-refractivity contribution in [1.29, 1.82) is 0 Å². The molecule has 0 atom stereocenters. The number of aliphatic hydroxyl groups excluding tert-OH is 1. The van der Waals surface area contributed by atoms with Crippen molar-refractivity contribution in [2.24, 2.45) is 0 Å². The molecule has 0 spiro atoms. The van der Waals surface area contributed by atoms with Gasteiger partial charge in [-0.05, 0) is 13.8 Å². The van der Waals surface area contributed by atoms with Crippen LogP contribution in [0, 0.1) is 6.92 Å². The van der Waals surface area contributed by atoms with Gasteiger partial charge in [-0.25, -0.2) is 18.7 Å². The van der Waals surface area contributed by atoms with Gasteiger partial charge in [0.05, 0.1) is 13.2 Å². The Hall–Kier alpha value is -1.50. The number of aliphatic hydroxyl groups is 1. The smallest absolute Gasteiger partial charge is 0.255 e. The van der Waals surface area contributed by atoms with Crippen molar-refractivity contribution in [2.75, 3.05) is 36.5 Å². The minimum Gasteiger partial charge on any atom is -0.395 e. The molecule has 1 rings (SSSR count). The van der Waals surface area contributed by atoms with E-state index in [1.807, 2.05) is 6.92 Å². The number of alkyl halides is 2. The maximum Gasteiger partial charge on any atom is 0.255 e. The lowest BCUT2D eigenvalue weighted by molar-refractivity contribution is 0.152. The van der Waals surface area contributed by atoms with Crippen LogP contribution in [0.1, 0.15) is 12.5 Å². The molecule has 1 heterocycles. The third kappa shape index (κ3) is 3.76. The predicted octanol–water partition coefficient (Wildman–Crippen LogP) is 1.28. The van der Waals surface area contributed by atoms with Crippen LogP contribution in [0.3, 0.4) is 0 Å². The van der Waals surface area contributed by atoms with E-state index in [4.69, 9.17) is 5.11 Å². The number of halogens is 2. The largest absolute Gasteiger partial charge is 0.395 e. The Morgan fingerprint density at radius 2 is 2.17 bits per heavy atom. The van der Waals surface area contributed by atoms with Gasteiger partial charge in [-0.3, -0.25) is 0 Å². The lowest BCUT2D eigenvalue weighted by atomic mass is 10.2. The lowest BCUT2D eigenvalue weighted by Gasteiger charge is -2.24. The minimum atomic E-state index is -2.48. The predicted molar refractivity (Wildman–Crippen MR) is 66.2 cm³/mol. The number of aromatic nitrogens is 2. The summed E-state index contributed by atoms with van der Waals surface area (Å²) < 4.78 is 25.0. The minimum absolute atomic E-state index is 0.119. The number of nitrogens with zero attached hydrogens (tertiary/aromatic N) is 3. The normalized spacial score (nSPS) is 10.8. The highest BCUT2D eigenvalue weighted by molar-refractivity contribution is 5.57. The van der Waals surface area contributed by atoms with E-state index < -0.39 is 13.0 Å². The van der Waals surface area contributed by atoms with Gasteiger partial charge >= 0.3 is 0 Å². The molecule has 0 unspecified atom stereocenters. The fourth-order valence-electron chi connectivity index (χ4n) is 1.68. The summed E-state index contributed by atoms with van der Waals surface area (Å²) in [4.78, 5) is 9.44. The van der Waals surface area contributed by atoms with Gasteiger partial charge in [0.2, 0.25) is 0 Å². The zero-order valence-corrected chi connectivity index (χ0v) is 10.5. The Balaban J connectivity index is 2.99. The Labute approximate surface area is 105 Å². The molecule has 0 saturated carbocycles. The van der Waals surface area contributed by atoms with Crippen molar-refractivity contribution in [1.82, 2.24) is 9.97 Å². The molecule has 18 heavy (non-hydrogen) atoms. The molecular formula is C11H18F2N4O. The Kier molecular flexibility index (Phi) is 5.70. The topological polar surface area (TPSA) is 61.3 Å². The van der Waals surface area contributed by atoms with Crippen LogP contribution in [0.25, 0.3) is 0 Å². The van der Waals surface area contributed by atoms with E-state index in [0.29, 0.717) is 23.7 Å². The van der Waals surface area contributed by atoms with E-state index >= 15 is 0 Å². The highest BCUT2D eigenvalue weighted by Gasteiger charge is 2.17. The summed E-state index contributed by atoms with van der Waals surface area (Å²) >= 11 is 0. The van der Waals surface area contributed by atoms with Gasteiger partial charge < -0.3 is 15.3 Å². The van der Waals surface area contributed by atoms with Crippen LogP contribution in [0.5, 0.6) is 0 Å². The Bertz CT molecular complexity index is 376. The molecule has 0 aliphatic carbocycles. The van der Waals surface area contributed by atoms with Crippen molar-refractivity contribution in [3.63, 3.8) is 0 Å². The Morgan fingerprint density at radius 1 is 1.44 bits per heavy atom. The van der Waals surface area contributed by atoms with Crippen LogP contribution in [0.15, 0.2) is 6.33 Å². The number of anilines is 2. The first-order valence-electron chi connectivity index (χ1n) is 5.79. The molecule has 1 aromatic rings. The van der Waals surface area contributed by atoms with Crippen LogP contribution in [-0.2, 0) is 0 Å². The van der Waals surface area contributed by atoms with Gasteiger partial charge in [-0.15, -0.1) is 0 Å². The van der Waals surface area contributed by atoms with E-state index in [0.717, 1.165) is 0 Å². The second-order valence-corrected chi connectivity index (χ2v) is 3.76. The van der Waals surface area contributed by atoms with E-state index in [9.17, 15) is 8.78 Å². The number of rotatable bonds is 7. The molecule has 5 nitrogen and oxygen atoms in total. The van der Waals surface area contributed by atoms with Gasteiger partial charge in [-0.2, -0.15) is 0 Å². The fraction of sp³-hybridized carbons (Fsp3) is 0.636. The molecule has 2 N–H and O–H groups in total. The van der Waals surface area contributed by atoms with Crippen molar-refractivity contribution in [3.05, 3.63) is 11.9 Å². The summed E-state index contributed by atoms with van der Waals surface area (Å²) in [6.07, 6.45) is -1.15. The highest BCUT2D eigenvalue weighted by atomic mass is 19.3. The SMILES string of the molecule is CCNc1ncnc(N(CCO)CC(F)F)c1C. The zero-order valence-electron chi connectivity index (χ0n) is 10.5. The van der Waals surface area contributed by atoms with Gasteiger partial charge in [0.1, 0.15) is 18.0 Å². The summed E-state index contributed by atoms with van der Waals surface area (Å²) in [7, 11) is 0. The van der Waals surface area contributed by atoms with E-state index in [1.165, 1.54) is 11.2 Å². The number of hydrogen-bond acceptors (Lipinski definition) is 5. The zero-order chi connectivity index (χ0) is 13.5. The van der Waals surface area contributed by atoms with Crippen LogP contribution in [0.2, 0.25) is 0 Å². The van der Waals surface area contributed by atoms with E-state index in [2.05, 4.69) is 15.3 Å². The molecule has 0 amide bonds. The van der Waals surface area contributed by atoms with Crippen LogP contribution in [-0.4, -0.2) is 47.7 Å². The van der Waals surface area contributed by atoms with Gasteiger partial charge in [0.25, 0.3) is 6.43 Å². The molecule has 0 radical (unpaired) electrons. The molecule has 1 aromatic heterocycles. The summed E-state index contributed by atoms with van der Waals surface area (Å²) in [6.45, 7) is 3.84. The fourth-order valence-corrected chi connectivity index (χ4v) is 1.68. The average molecular weight is 260 g/mol. The second kappa shape index (κ2) is 7.05. The molecule has 0 aromatic carbocycles. The maximum atomic E-state index is 12.5. The molecule has 102 valence electrons. The lowest BCUT2D eigenvalue weighted by Crippen LogP contribution is -2.33. The van der Waals surface area contributed by atoms with E-state index in [1.54, 1.807) is 6.92 Å². The molecule has 0 aliphatic rings. The standard InChI is InChI=1S/C11H18F2N4O/c1-3-14-10-8(2)11(16-7-15-10)17(4-5-18)6-9(12)13/h7,9,18H,3-6H2,1-2H3,(H,14,15,16). The average Bonchev–Trinajstić information content (AvgIpc) is 2.31. The van der Waals surface area contributed by atoms with Gasteiger partial charge in [0.15, 0.2) is 0 Å². The third-order valence-corrected chi connectivity index (χ3v) is 2.43. The van der Waals surface area contributed by atoms with Gasteiger partial charge in [0, 0.05) is 18.7 Å². The van der Waals surface area contributed by atoms with Crippen LogP contribution in [0.4, 0.5) is 20.4 Å². The number of nitrogens with one attached hydrogen (secondary N) is 1. The molecule has 0 aliphatic heterocycles. The summed E-state index contributed by atoms with van der Waals surface area (Å²) in [5.74, 6) is 1.05. The van der Waals surface area contributed by atoms with E-state index in [-0.39, 0.29) is 13.2 Å². The first kappa shape index (κ1) is 14.6. The molecule has 0 bridgehead atoms. The van der Waals surface area contributed by atoms with Crippen molar-refractivity contribution in [3.8, 4) is 0 Å². The molecule has 0 fully saturated rings. The maximum absolute atomic E-state index is 12.5. The third-order valence-electron chi connectivity index (χ3n) is 2.43. The van der Waals surface area contributed by atoms with Crippen LogP contribution < -0.4 is 10.2 Å². The number of hydrogen-bond donors (Lipinski definition) is 2. The second-order valence-electron chi connectivity index (χ2n) is 3.76.